The van der Waals surface area contributed by atoms with E-state index in [9.17, 15) is 0 Å². The lowest BCUT2D eigenvalue weighted by molar-refractivity contribution is 0.737. The molecular weight excluding hydrogens is 150 g/mol. The quantitative estimate of drug-likeness (QED) is 0.559. The van der Waals surface area contributed by atoms with Gasteiger partial charge in [0, 0.05) is 18.3 Å². The van der Waals surface area contributed by atoms with Crippen LogP contribution < -0.4 is 17.2 Å². The molecule has 0 spiro atoms. The molecule has 66 valence electrons. The van der Waals surface area contributed by atoms with Crippen molar-refractivity contribution in [1.29, 1.82) is 0 Å². The predicted molar refractivity (Wildman–Crippen MR) is 51.6 cm³/mol. The van der Waals surface area contributed by atoms with Crippen LogP contribution in [0.2, 0.25) is 0 Å². The first-order valence-corrected chi connectivity index (χ1v) is 3.97. The average Bonchev–Trinajstić information content (AvgIpc) is 2.08. The molecule has 0 aromatic heterocycles. The zero-order valence-corrected chi connectivity index (χ0v) is 7.25. The van der Waals surface area contributed by atoms with Gasteiger partial charge in [-0.3, -0.25) is 0 Å². The maximum atomic E-state index is 5.73. The smallest absolute Gasteiger partial charge is 0.0420 e. The van der Waals surface area contributed by atoms with Crippen LogP contribution in [0.4, 0.5) is 5.69 Å². The van der Waals surface area contributed by atoms with Crippen LogP contribution in [-0.2, 0) is 0 Å². The van der Waals surface area contributed by atoms with Gasteiger partial charge in [-0.15, -0.1) is 0 Å². The normalized spacial score (nSPS) is 12.9. The monoisotopic (exact) mass is 165 g/mol. The molecule has 1 aromatic rings. The minimum absolute atomic E-state index is 0.104. The van der Waals surface area contributed by atoms with Gasteiger partial charge in [0.25, 0.3) is 0 Å². The van der Waals surface area contributed by atoms with Crippen molar-refractivity contribution in [2.45, 2.75) is 13.0 Å². The second-order valence-electron chi connectivity index (χ2n) is 2.96. The Labute approximate surface area is 72.5 Å². The maximum absolute atomic E-state index is 5.73. The van der Waals surface area contributed by atoms with E-state index in [4.69, 9.17) is 17.2 Å². The minimum Gasteiger partial charge on any atom is -0.399 e. The van der Waals surface area contributed by atoms with Gasteiger partial charge in [-0.1, -0.05) is 12.1 Å². The highest BCUT2D eigenvalue weighted by Gasteiger charge is 2.03. The van der Waals surface area contributed by atoms with E-state index in [0.717, 1.165) is 16.8 Å². The highest BCUT2D eigenvalue weighted by atomic mass is 14.7. The number of rotatable bonds is 2. The molecule has 0 saturated carbocycles. The molecule has 3 heteroatoms. The first-order chi connectivity index (χ1) is 5.65. The van der Waals surface area contributed by atoms with E-state index in [-0.39, 0.29) is 6.04 Å². The van der Waals surface area contributed by atoms with Crippen LogP contribution in [0.3, 0.4) is 0 Å². The van der Waals surface area contributed by atoms with Crippen molar-refractivity contribution in [3.05, 3.63) is 29.3 Å². The van der Waals surface area contributed by atoms with E-state index < -0.39 is 0 Å². The van der Waals surface area contributed by atoms with E-state index >= 15 is 0 Å². The Hall–Kier alpha value is -1.06. The molecule has 0 aliphatic heterocycles. The Morgan fingerprint density at radius 3 is 2.58 bits per heavy atom. The van der Waals surface area contributed by atoms with Gasteiger partial charge in [-0.25, -0.2) is 0 Å². The molecule has 1 atom stereocenters. The van der Waals surface area contributed by atoms with Crippen LogP contribution in [0.5, 0.6) is 0 Å². The predicted octanol–water partition coefficient (Wildman–Crippen LogP) is 0.536. The fraction of sp³-hybridized carbons (Fsp3) is 0.333. The summed E-state index contributed by atoms with van der Waals surface area (Å²) < 4.78 is 0. The maximum Gasteiger partial charge on any atom is 0.0420 e. The summed E-state index contributed by atoms with van der Waals surface area (Å²) in [6.45, 7) is 2.41. The van der Waals surface area contributed by atoms with Gasteiger partial charge in [0.2, 0.25) is 0 Å². The molecule has 0 aliphatic carbocycles. The lowest BCUT2D eigenvalue weighted by atomic mass is 10.0. The van der Waals surface area contributed by atoms with E-state index in [1.54, 1.807) is 0 Å². The number of benzene rings is 1. The number of nitrogen functional groups attached to an aromatic ring is 1. The molecule has 1 unspecified atom stereocenters. The minimum atomic E-state index is -0.104. The summed E-state index contributed by atoms with van der Waals surface area (Å²) in [5.41, 5.74) is 19.7. The van der Waals surface area contributed by atoms with Gasteiger partial charge in [0.15, 0.2) is 0 Å². The number of anilines is 1. The molecule has 1 rings (SSSR count). The van der Waals surface area contributed by atoms with Gasteiger partial charge in [0.1, 0.15) is 0 Å². The van der Waals surface area contributed by atoms with Crippen molar-refractivity contribution < 1.29 is 0 Å². The number of hydrogen-bond acceptors (Lipinski definition) is 3. The summed E-state index contributed by atoms with van der Waals surface area (Å²) in [4.78, 5) is 0. The second kappa shape index (κ2) is 3.56. The third kappa shape index (κ3) is 1.75. The summed E-state index contributed by atoms with van der Waals surface area (Å²) >= 11 is 0. The molecule has 1 aromatic carbocycles. The highest BCUT2D eigenvalue weighted by molar-refractivity contribution is 5.48. The highest BCUT2D eigenvalue weighted by Crippen LogP contribution is 2.16. The van der Waals surface area contributed by atoms with Crippen molar-refractivity contribution in [2.24, 2.45) is 11.5 Å². The summed E-state index contributed by atoms with van der Waals surface area (Å²) in [7, 11) is 0. The lowest BCUT2D eigenvalue weighted by Crippen LogP contribution is -2.20. The molecular formula is C9H15N3. The Balaban J connectivity index is 2.96. The van der Waals surface area contributed by atoms with Crippen molar-refractivity contribution in [2.75, 3.05) is 12.3 Å². The molecule has 0 bridgehead atoms. The van der Waals surface area contributed by atoms with Crippen molar-refractivity contribution >= 4 is 5.69 Å². The molecule has 0 amide bonds. The Bertz CT molecular complexity index is 270. The van der Waals surface area contributed by atoms with Crippen LogP contribution >= 0.6 is 0 Å². The fourth-order valence-electron chi connectivity index (χ4n) is 1.03. The number of nitrogens with two attached hydrogens (primary N) is 3. The van der Waals surface area contributed by atoms with Crippen molar-refractivity contribution in [1.82, 2.24) is 0 Å². The van der Waals surface area contributed by atoms with Gasteiger partial charge in [-0.2, -0.15) is 0 Å². The molecule has 0 saturated heterocycles. The molecule has 12 heavy (non-hydrogen) atoms. The standard InChI is InChI=1S/C9H15N3/c1-6-2-3-7(4-8(6)11)9(12)5-10/h2-4,9H,5,10-12H2,1H3. The molecule has 0 fully saturated rings. The first-order valence-electron chi connectivity index (χ1n) is 3.97. The Kier molecular flexibility index (Phi) is 2.68. The fourth-order valence-corrected chi connectivity index (χ4v) is 1.03. The van der Waals surface area contributed by atoms with E-state index in [1.165, 1.54) is 0 Å². The lowest BCUT2D eigenvalue weighted by Gasteiger charge is -2.10. The van der Waals surface area contributed by atoms with Crippen LogP contribution in [0.25, 0.3) is 0 Å². The second-order valence-corrected chi connectivity index (χ2v) is 2.96. The average molecular weight is 165 g/mol. The molecule has 0 radical (unpaired) electrons. The summed E-state index contributed by atoms with van der Waals surface area (Å²) in [6, 6.07) is 5.70. The molecule has 0 aliphatic rings. The van der Waals surface area contributed by atoms with Gasteiger partial charge in [-0.05, 0) is 24.1 Å². The zero-order chi connectivity index (χ0) is 9.14. The summed E-state index contributed by atoms with van der Waals surface area (Å²) in [5.74, 6) is 0. The molecule has 0 heterocycles. The van der Waals surface area contributed by atoms with Crippen LogP contribution in [0, 0.1) is 6.92 Å². The van der Waals surface area contributed by atoms with Crippen LogP contribution in [0.15, 0.2) is 18.2 Å². The van der Waals surface area contributed by atoms with E-state index in [2.05, 4.69) is 0 Å². The zero-order valence-electron chi connectivity index (χ0n) is 7.25. The van der Waals surface area contributed by atoms with Crippen LogP contribution in [0.1, 0.15) is 17.2 Å². The number of aryl methyl sites for hydroxylation is 1. The van der Waals surface area contributed by atoms with E-state index in [0.29, 0.717) is 6.54 Å². The van der Waals surface area contributed by atoms with Gasteiger partial charge >= 0.3 is 0 Å². The first kappa shape index (κ1) is 9.03. The Morgan fingerprint density at radius 2 is 2.08 bits per heavy atom. The largest absolute Gasteiger partial charge is 0.399 e. The third-order valence-corrected chi connectivity index (χ3v) is 1.99. The van der Waals surface area contributed by atoms with Crippen molar-refractivity contribution in [3.8, 4) is 0 Å². The van der Waals surface area contributed by atoms with Gasteiger partial charge < -0.3 is 17.2 Å². The number of hydrogen-bond donors (Lipinski definition) is 3. The summed E-state index contributed by atoms with van der Waals surface area (Å²) in [5, 5.41) is 0. The molecule has 3 nitrogen and oxygen atoms in total. The SMILES string of the molecule is Cc1ccc(C(N)CN)cc1N. The Morgan fingerprint density at radius 1 is 1.42 bits per heavy atom. The van der Waals surface area contributed by atoms with E-state index in [1.807, 2.05) is 25.1 Å². The van der Waals surface area contributed by atoms with Crippen molar-refractivity contribution in [3.63, 3.8) is 0 Å². The third-order valence-electron chi connectivity index (χ3n) is 1.99. The topological polar surface area (TPSA) is 78.1 Å². The van der Waals surface area contributed by atoms with Crippen LogP contribution in [-0.4, -0.2) is 6.54 Å². The summed E-state index contributed by atoms with van der Waals surface area (Å²) in [6.07, 6.45) is 0. The van der Waals surface area contributed by atoms with Gasteiger partial charge in [0.05, 0.1) is 0 Å². The molecule has 6 N–H and O–H groups in total.